The van der Waals surface area contributed by atoms with Gasteiger partial charge in [-0.1, -0.05) is 19.9 Å². The summed E-state index contributed by atoms with van der Waals surface area (Å²) in [5.74, 6) is 1.14. The van der Waals surface area contributed by atoms with Crippen molar-refractivity contribution < 1.29 is 4.74 Å². The molecule has 0 amide bonds. The fourth-order valence-corrected chi connectivity index (χ4v) is 3.15. The van der Waals surface area contributed by atoms with Gasteiger partial charge in [0.25, 0.3) is 0 Å². The summed E-state index contributed by atoms with van der Waals surface area (Å²) in [6, 6.07) is 15.8. The van der Waals surface area contributed by atoms with Crippen LogP contribution in [0.4, 0.5) is 5.69 Å². The van der Waals surface area contributed by atoms with Crippen LogP contribution in [-0.2, 0) is 0 Å². The van der Waals surface area contributed by atoms with Gasteiger partial charge in [-0.15, -0.1) is 10.2 Å². The van der Waals surface area contributed by atoms with Gasteiger partial charge >= 0.3 is 0 Å². The SMILES string of the molecule is COc1ccc(-c2cc(NC(c3ccccn3)C(C)C)c3nncn3n2)cc1. The van der Waals surface area contributed by atoms with E-state index in [1.54, 1.807) is 18.0 Å². The van der Waals surface area contributed by atoms with E-state index >= 15 is 0 Å². The summed E-state index contributed by atoms with van der Waals surface area (Å²) >= 11 is 0. The van der Waals surface area contributed by atoms with Crippen LogP contribution in [0.5, 0.6) is 5.75 Å². The van der Waals surface area contributed by atoms with Gasteiger partial charge in [0.15, 0.2) is 0 Å². The molecule has 1 atom stereocenters. The molecule has 28 heavy (non-hydrogen) atoms. The second kappa shape index (κ2) is 7.64. The fraction of sp³-hybridized carbons (Fsp3) is 0.238. The molecule has 3 heterocycles. The predicted molar refractivity (Wildman–Crippen MR) is 108 cm³/mol. The number of benzene rings is 1. The lowest BCUT2D eigenvalue weighted by Gasteiger charge is -2.23. The largest absolute Gasteiger partial charge is 0.497 e. The maximum absolute atomic E-state index is 5.25. The molecular weight excluding hydrogens is 352 g/mol. The van der Waals surface area contributed by atoms with Crippen LogP contribution in [0.15, 0.2) is 61.1 Å². The molecule has 0 aliphatic carbocycles. The average molecular weight is 374 g/mol. The van der Waals surface area contributed by atoms with Crippen LogP contribution in [0.3, 0.4) is 0 Å². The molecule has 1 unspecified atom stereocenters. The molecule has 0 saturated heterocycles. The minimum absolute atomic E-state index is 0.0350. The lowest BCUT2D eigenvalue weighted by molar-refractivity contribution is 0.415. The van der Waals surface area contributed by atoms with E-state index in [0.29, 0.717) is 11.6 Å². The first-order chi connectivity index (χ1) is 13.7. The number of nitrogens with one attached hydrogen (secondary N) is 1. The Balaban J connectivity index is 1.76. The first-order valence-electron chi connectivity index (χ1n) is 9.18. The van der Waals surface area contributed by atoms with E-state index in [2.05, 4.69) is 39.4 Å². The van der Waals surface area contributed by atoms with Gasteiger partial charge in [0.1, 0.15) is 12.1 Å². The molecule has 0 spiro atoms. The number of pyridine rings is 1. The first-order valence-corrected chi connectivity index (χ1v) is 9.18. The summed E-state index contributed by atoms with van der Waals surface area (Å²) in [6.07, 6.45) is 3.42. The lowest BCUT2D eigenvalue weighted by Crippen LogP contribution is -2.19. The molecule has 4 aromatic rings. The summed E-state index contributed by atoms with van der Waals surface area (Å²) in [4.78, 5) is 4.53. The van der Waals surface area contributed by atoms with Crippen LogP contribution in [0.1, 0.15) is 25.6 Å². The van der Waals surface area contributed by atoms with Crippen LogP contribution < -0.4 is 10.1 Å². The van der Waals surface area contributed by atoms with Gasteiger partial charge in [-0.2, -0.15) is 9.61 Å². The monoisotopic (exact) mass is 374 g/mol. The quantitative estimate of drug-likeness (QED) is 0.550. The molecule has 4 rings (SSSR count). The van der Waals surface area contributed by atoms with Gasteiger partial charge < -0.3 is 10.1 Å². The second-order valence-electron chi connectivity index (χ2n) is 6.89. The minimum Gasteiger partial charge on any atom is -0.497 e. The third kappa shape index (κ3) is 3.51. The standard InChI is InChI=1S/C21H22N6O/c1-14(2)20(17-6-4-5-11-22-17)24-19-12-18(26-27-13-23-25-21(19)27)15-7-9-16(28-3)10-8-15/h4-14,20,24H,1-3H3. The Kier molecular flexibility index (Phi) is 4.89. The number of ether oxygens (including phenoxy) is 1. The third-order valence-corrected chi connectivity index (χ3v) is 4.64. The highest BCUT2D eigenvalue weighted by Crippen LogP contribution is 2.30. The minimum atomic E-state index is 0.0350. The van der Waals surface area contributed by atoms with Gasteiger partial charge in [0.05, 0.1) is 30.2 Å². The zero-order valence-electron chi connectivity index (χ0n) is 16.1. The van der Waals surface area contributed by atoms with Crippen molar-refractivity contribution in [2.45, 2.75) is 19.9 Å². The Bertz CT molecular complexity index is 1060. The topological polar surface area (TPSA) is 77.2 Å². The highest BCUT2D eigenvalue weighted by atomic mass is 16.5. The van der Waals surface area contributed by atoms with Crippen LogP contribution in [0, 0.1) is 5.92 Å². The Hall–Kier alpha value is -3.48. The number of rotatable bonds is 6. The molecule has 1 aromatic carbocycles. The zero-order chi connectivity index (χ0) is 19.5. The number of methoxy groups -OCH3 is 1. The van der Waals surface area contributed by atoms with Gasteiger partial charge in [-0.25, -0.2) is 0 Å². The number of nitrogens with zero attached hydrogens (tertiary/aromatic N) is 5. The van der Waals surface area contributed by atoms with Crippen molar-refractivity contribution in [1.82, 2.24) is 24.8 Å². The van der Waals surface area contributed by atoms with Crippen molar-refractivity contribution in [1.29, 1.82) is 0 Å². The Morgan fingerprint density at radius 3 is 2.57 bits per heavy atom. The summed E-state index contributed by atoms with van der Waals surface area (Å²) in [6.45, 7) is 4.33. The van der Waals surface area contributed by atoms with E-state index in [1.807, 2.05) is 54.7 Å². The van der Waals surface area contributed by atoms with Crippen LogP contribution >= 0.6 is 0 Å². The van der Waals surface area contributed by atoms with Gasteiger partial charge in [0, 0.05) is 11.8 Å². The maximum atomic E-state index is 5.25. The van der Waals surface area contributed by atoms with E-state index in [1.165, 1.54) is 0 Å². The Morgan fingerprint density at radius 1 is 1.07 bits per heavy atom. The molecule has 0 radical (unpaired) electrons. The van der Waals surface area contributed by atoms with E-state index in [0.717, 1.165) is 28.4 Å². The lowest BCUT2D eigenvalue weighted by atomic mass is 10.00. The van der Waals surface area contributed by atoms with Crippen molar-refractivity contribution in [3.63, 3.8) is 0 Å². The summed E-state index contributed by atoms with van der Waals surface area (Å²) < 4.78 is 6.94. The smallest absolute Gasteiger partial charge is 0.200 e. The van der Waals surface area contributed by atoms with Gasteiger partial charge in [-0.3, -0.25) is 4.98 Å². The van der Waals surface area contributed by atoms with Gasteiger partial charge in [-0.05, 0) is 48.4 Å². The van der Waals surface area contributed by atoms with Crippen molar-refractivity contribution in [2.24, 2.45) is 5.92 Å². The summed E-state index contributed by atoms with van der Waals surface area (Å²) in [5, 5.41) is 16.5. The molecule has 7 heteroatoms. The Labute approximate surface area is 163 Å². The van der Waals surface area contributed by atoms with Crippen molar-refractivity contribution in [3.8, 4) is 17.0 Å². The van der Waals surface area contributed by atoms with Crippen molar-refractivity contribution >= 4 is 11.3 Å². The van der Waals surface area contributed by atoms with E-state index < -0.39 is 0 Å². The zero-order valence-corrected chi connectivity index (χ0v) is 16.1. The predicted octanol–water partition coefficient (Wildman–Crippen LogP) is 4.00. The number of anilines is 1. The van der Waals surface area contributed by atoms with Crippen molar-refractivity contribution in [2.75, 3.05) is 12.4 Å². The van der Waals surface area contributed by atoms with E-state index in [4.69, 9.17) is 4.74 Å². The van der Waals surface area contributed by atoms with Crippen molar-refractivity contribution in [3.05, 3.63) is 66.7 Å². The first kappa shape index (κ1) is 17.9. The summed E-state index contributed by atoms with van der Waals surface area (Å²) in [5.41, 5.74) is 4.33. The second-order valence-corrected chi connectivity index (χ2v) is 6.89. The molecule has 0 fully saturated rings. The highest BCUT2D eigenvalue weighted by molar-refractivity contribution is 5.73. The summed E-state index contributed by atoms with van der Waals surface area (Å²) in [7, 11) is 1.65. The maximum Gasteiger partial charge on any atom is 0.200 e. The molecule has 0 aliphatic heterocycles. The van der Waals surface area contributed by atoms with E-state index in [9.17, 15) is 0 Å². The number of hydrogen-bond acceptors (Lipinski definition) is 6. The van der Waals surface area contributed by atoms with Crippen LogP contribution in [0.2, 0.25) is 0 Å². The Morgan fingerprint density at radius 2 is 1.89 bits per heavy atom. The van der Waals surface area contributed by atoms with Gasteiger partial charge in [0.2, 0.25) is 5.65 Å². The molecule has 0 saturated carbocycles. The molecule has 3 aromatic heterocycles. The fourth-order valence-electron chi connectivity index (χ4n) is 3.15. The molecule has 0 aliphatic rings. The molecule has 1 N–H and O–H groups in total. The van der Waals surface area contributed by atoms with Crippen LogP contribution in [-0.4, -0.2) is 31.9 Å². The highest BCUT2D eigenvalue weighted by Gasteiger charge is 2.19. The molecular formula is C21H22N6O. The van der Waals surface area contributed by atoms with E-state index in [-0.39, 0.29) is 6.04 Å². The normalized spacial score (nSPS) is 12.3. The molecule has 142 valence electrons. The van der Waals surface area contributed by atoms with Crippen LogP contribution in [0.25, 0.3) is 16.9 Å². The molecule has 0 bridgehead atoms. The number of aromatic nitrogens is 5. The number of fused-ring (bicyclic) bond motifs is 1. The average Bonchev–Trinajstić information content (AvgIpc) is 3.21. The molecule has 7 nitrogen and oxygen atoms in total. The third-order valence-electron chi connectivity index (χ3n) is 4.64. The number of hydrogen-bond donors (Lipinski definition) is 1.